The van der Waals surface area contributed by atoms with Crippen molar-refractivity contribution in [2.24, 2.45) is 0 Å². The molecule has 2 atom stereocenters. The molecule has 1 aromatic heterocycles. The molecule has 0 amide bonds. The number of aryl methyl sites for hydroxylation is 1. The van der Waals surface area contributed by atoms with Gasteiger partial charge >= 0.3 is 0 Å². The topological polar surface area (TPSA) is 57.9 Å². The maximum absolute atomic E-state index is 12.6. The third-order valence-electron chi connectivity index (χ3n) is 4.05. The molecule has 1 aliphatic carbocycles. The zero-order chi connectivity index (χ0) is 15.9. The Hall–Kier alpha value is -1.77. The highest BCUT2D eigenvalue weighted by Crippen LogP contribution is 2.40. The number of nitrogens with zero attached hydrogens (tertiary/aromatic N) is 1. The molecule has 1 heterocycles. The summed E-state index contributed by atoms with van der Waals surface area (Å²) in [6.07, 6.45) is 2.65. The van der Waals surface area contributed by atoms with E-state index in [4.69, 9.17) is 0 Å². The van der Waals surface area contributed by atoms with Crippen molar-refractivity contribution in [2.75, 3.05) is 6.26 Å². The van der Waals surface area contributed by atoms with E-state index in [1.54, 1.807) is 6.26 Å². The molecule has 0 bridgehead atoms. The average molecular weight is 329 g/mol. The summed E-state index contributed by atoms with van der Waals surface area (Å²) in [6, 6.07) is 10.4. The van der Waals surface area contributed by atoms with Gasteiger partial charge in [0.05, 0.1) is 10.8 Å². The Labute approximate surface area is 136 Å². The van der Waals surface area contributed by atoms with Crippen LogP contribution in [0, 0.1) is 18.3 Å². The normalized spacial score (nSPS) is 18.6. The van der Waals surface area contributed by atoms with E-state index in [9.17, 15) is 14.3 Å². The Kier molecular flexibility index (Phi) is 3.98. The molecule has 0 saturated heterocycles. The second-order valence-electron chi connectivity index (χ2n) is 5.58. The van der Waals surface area contributed by atoms with Gasteiger partial charge in [0.15, 0.2) is 5.78 Å². The van der Waals surface area contributed by atoms with Crippen molar-refractivity contribution in [3.63, 3.8) is 0 Å². The number of thiophene rings is 1. The van der Waals surface area contributed by atoms with Crippen molar-refractivity contribution in [1.29, 1.82) is 5.26 Å². The van der Waals surface area contributed by atoms with Crippen molar-refractivity contribution in [3.8, 4) is 6.07 Å². The molecule has 0 N–H and O–H groups in total. The minimum Gasteiger partial charge on any atom is -0.294 e. The molecular formula is C17H15NO2S2. The first-order valence-corrected chi connectivity index (χ1v) is 9.37. The summed E-state index contributed by atoms with van der Waals surface area (Å²) in [7, 11) is -1.23. The molecule has 1 aromatic carbocycles. The monoisotopic (exact) mass is 329 g/mol. The number of nitriles is 1. The number of hydrogen-bond donors (Lipinski definition) is 0. The molecule has 0 spiro atoms. The molecular weight excluding hydrogens is 314 g/mol. The standard InChI is InChI=1S/C17H15NO2S2/c1-10-3-5-11(6-4-10)12-7-13-15(9-18)21-17(22(2)20)16(13)14(19)8-12/h3-6,12H,7-8H2,1-2H3/t12-,22-/m0/s1. The lowest BCUT2D eigenvalue weighted by atomic mass is 9.80. The minimum absolute atomic E-state index is 0.00905. The fourth-order valence-corrected chi connectivity index (χ4v) is 5.05. The largest absolute Gasteiger partial charge is 0.294 e. The van der Waals surface area contributed by atoms with Crippen LogP contribution in [-0.4, -0.2) is 16.2 Å². The maximum atomic E-state index is 12.6. The predicted molar refractivity (Wildman–Crippen MR) is 87.9 cm³/mol. The number of hydrogen-bond acceptors (Lipinski definition) is 4. The lowest BCUT2D eigenvalue weighted by Crippen LogP contribution is -2.19. The number of benzene rings is 1. The van der Waals surface area contributed by atoms with Crippen molar-refractivity contribution < 1.29 is 9.00 Å². The Balaban J connectivity index is 2.06. The van der Waals surface area contributed by atoms with Crippen LogP contribution in [0.1, 0.15) is 44.3 Å². The number of rotatable bonds is 2. The highest BCUT2D eigenvalue weighted by molar-refractivity contribution is 7.86. The molecule has 0 radical (unpaired) electrons. The van der Waals surface area contributed by atoms with Gasteiger partial charge in [0.25, 0.3) is 0 Å². The predicted octanol–water partition coefficient (Wildman–Crippen LogP) is 3.58. The van der Waals surface area contributed by atoms with Gasteiger partial charge in [-0.3, -0.25) is 9.00 Å². The molecule has 0 saturated carbocycles. The summed E-state index contributed by atoms with van der Waals surface area (Å²) in [5.74, 6) is 0.107. The molecule has 5 heteroatoms. The highest BCUT2D eigenvalue weighted by Gasteiger charge is 2.33. The summed E-state index contributed by atoms with van der Waals surface area (Å²) in [5.41, 5.74) is 3.65. The van der Waals surface area contributed by atoms with Gasteiger partial charge in [0.2, 0.25) is 0 Å². The van der Waals surface area contributed by atoms with Gasteiger partial charge in [-0.05, 0) is 30.4 Å². The van der Waals surface area contributed by atoms with E-state index in [0.29, 0.717) is 27.5 Å². The number of carbonyl (C=O) groups is 1. The third-order valence-corrected chi connectivity index (χ3v) is 6.66. The van der Waals surface area contributed by atoms with Crippen LogP contribution >= 0.6 is 11.3 Å². The fourth-order valence-electron chi connectivity index (χ4n) is 2.93. The first kappa shape index (κ1) is 15.1. The number of fused-ring (bicyclic) bond motifs is 1. The Morgan fingerprint density at radius 2 is 1.95 bits per heavy atom. The fraction of sp³-hybridized carbons (Fsp3) is 0.294. The molecule has 3 rings (SSSR count). The molecule has 1 aliphatic rings. The number of Topliss-reactive ketones (excluding diaryl/α,β-unsaturated/α-hetero) is 1. The van der Waals surface area contributed by atoms with Crippen LogP contribution in [0.2, 0.25) is 0 Å². The van der Waals surface area contributed by atoms with Crippen molar-refractivity contribution >= 4 is 27.9 Å². The summed E-state index contributed by atoms with van der Waals surface area (Å²) >= 11 is 1.20. The van der Waals surface area contributed by atoms with E-state index in [2.05, 4.69) is 18.2 Å². The van der Waals surface area contributed by atoms with Gasteiger partial charge in [-0.25, -0.2) is 0 Å². The second kappa shape index (κ2) is 5.79. The average Bonchev–Trinajstić information content (AvgIpc) is 2.87. The van der Waals surface area contributed by atoms with Crippen LogP contribution in [0.4, 0.5) is 0 Å². The van der Waals surface area contributed by atoms with Crippen molar-refractivity contribution in [2.45, 2.75) is 29.9 Å². The second-order valence-corrected chi connectivity index (χ2v) is 8.17. The summed E-state index contributed by atoms with van der Waals surface area (Å²) < 4.78 is 12.4. The van der Waals surface area contributed by atoms with Crippen LogP contribution in [0.5, 0.6) is 0 Å². The molecule has 2 aromatic rings. The Morgan fingerprint density at radius 3 is 2.55 bits per heavy atom. The Morgan fingerprint density at radius 1 is 1.27 bits per heavy atom. The highest BCUT2D eigenvalue weighted by atomic mass is 32.2. The van der Waals surface area contributed by atoms with Gasteiger partial charge in [0, 0.05) is 18.2 Å². The lowest BCUT2D eigenvalue weighted by Gasteiger charge is -2.22. The third kappa shape index (κ3) is 2.53. The van der Waals surface area contributed by atoms with Crippen LogP contribution in [0.3, 0.4) is 0 Å². The van der Waals surface area contributed by atoms with E-state index in [1.807, 2.05) is 19.1 Å². The molecule has 3 nitrogen and oxygen atoms in total. The molecule has 0 unspecified atom stereocenters. The molecule has 112 valence electrons. The van der Waals surface area contributed by atoms with Crippen LogP contribution in [0.15, 0.2) is 28.5 Å². The van der Waals surface area contributed by atoms with Crippen LogP contribution < -0.4 is 0 Å². The van der Waals surface area contributed by atoms with Crippen LogP contribution in [0.25, 0.3) is 0 Å². The first-order valence-electron chi connectivity index (χ1n) is 7.00. The van der Waals surface area contributed by atoms with Gasteiger partial charge in [0.1, 0.15) is 15.2 Å². The zero-order valence-corrected chi connectivity index (χ0v) is 14.0. The number of carbonyl (C=O) groups excluding carboxylic acids is 1. The van der Waals surface area contributed by atoms with Gasteiger partial charge < -0.3 is 0 Å². The molecule has 22 heavy (non-hydrogen) atoms. The van der Waals surface area contributed by atoms with E-state index < -0.39 is 10.8 Å². The first-order chi connectivity index (χ1) is 10.5. The minimum atomic E-state index is -1.23. The van der Waals surface area contributed by atoms with E-state index in [1.165, 1.54) is 16.9 Å². The summed E-state index contributed by atoms with van der Waals surface area (Å²) in [6.45, 7) is 2.03. The van der Waals surface area contributed by atoms with Gasteiger partial charge in [-0.15, -0.1) is 11.3 Å². The van der Waals surface area contributed by atoms with Gasteiger partial charge in [-0.1, -0.05) is 29.8 Å². The smallest absolute Gasteiger partial charge is 0.165 e. The lowest BCUT2D eigenvalue weighted by molar-refractivity contribution is 0.0962. The quantitative estimate of drug-likeness (QED) is 0.846. The van der Waals surface area contributed by atoms with Gasteiger partial charge in [-0.2, -0.15) is 5.26 Å². The van der Waals surface area contributed by atoms with Crippen LogP contribution in [-0.2, 0) is 17.2 Å². The molecule has 0 fully saturated rings. The molecule has 0 aliphatic heterocycles. The maximum Gasteiger partial charge on any atom is 0.165 e. The summed E-state index contributed by atoms with van der Waals surface area (Å²) in [5, 5.41) is 9.32. The van der Waals surface area contributed by atoms with E-state index in [-0.39, 0.29) is 11.7 Å². The zero-order valence-electron chi connectivity index (χ0n) is 12.4. The Bertz CT molecular complexity index is 812. The van der Waals surface area contributed by atoms with Crippen molar-refractivity contribution in [3.05, 3.63) is 51.4 Å². The summed E-state index contributed by atoms with van der Waals surface area (Å²) in [4.78, 5) is 13.1. The SMILES string of the molecule is Cc1ccc([C@@H]2CC(=O)c3c([S@](C)=O)sc(C#N)c3C2)cc1. The number of ketones is 1. The van der Waals surface area contributed by atoms with Crippen molar-refractivity contribution in [1.82, 2.24) is 0 Å². The van der Waals surface area contributed by atoms with E-state index in [0.717, 1.165) is 11.1 Å². The van der Waals surface area contributed by atoms with E-state index >= 15 is 0 Å².